The SMILES string of the molecule is CCc1cc(F)c(C#N)c(Cl)c1N. The minimum atomic E-state index is -0.612. The summed E-state index contributed by atoms with van der Waals surface area (Å²) in [4.78, 5) is 0. The summed E-state index contributed by atoms with van der Waals surface area (Å²) < 4.78 is 13.1. The van der Waals surface area contributed by atoms with Gasteiger partial charge in [0.05, 0.1) is 10.7 Å². The quantitative estimate of drug-likeness (QED) is 0.705. The number of hydrogen-bond donors (Lipinski definition) is 1. The van der Waals surface area contributed by atoms with Crippen molar-refractivity contribution in [1.29, 1.82) is 5.26 Å². The molecular weight excluding hydrogens is 191 g/mol. The molecule has 0 saturated carbocycles. The van der Waals surface area contributed by atoms with E-state index >= 15 is 0 Å². The molecule has 0 saturated heterocycles. The van der Waals surface area contributed by atoms with Crippen molar-refractivity contribution in [3.63, 3.8) is 0 Å². The maximum atomic E-state index is 13.1. The Morgan fingerprint density at radius 1 is 1.69 bits per heavy atom. The van der Waals surface area contributed by atoms with E-state index in [0.29, 0.717) is 17.7 Å². The number of anilines is 1. The molecule has 1 aromatic rings. The van der Waals surface area contributed by atoms with E-state index in [-0.39, 0.29) is 10.6 Å². The van der Waals surface area contributed by atoms with E-state index in [1.807, 2.05) is 6.92 Å². The topological polar surface area (TPSA) is 49.8 Å². The fourth-order valence-corrected chi connectivity index (χ4v) is 1.33. The molecule has 0 atom stereocenters. The minimum Gasteiger partial charge on any atom is -0.397 e. The highest BCUT2D eigenvalue weighted by molar-refractivity contribution is 6.34. The minimum absolute atomic E-state index is 0.0133. The van der Waals surface area contributed by atoms with Crippen LogP contribution in [-0.2, 0) is 6.42 Å². The molecule has 13 heavy (non-hydrogen) atoms. The Morgan fingerprint density at radius 3 is 2.77 bits per heavy atom. The standard InChI is InChI=1S/C9H8ClFN2/c1-2-5-3-7(11)6(4-12)8(10)9(5)13/h3H,2,13H2,1H3. The van der Waals surface area contributed by atoms with Crippen molar-refractivity contribution in [2.75, 3.05) is 5.73 Å². The van der Waals surface area contributed by atoms with Crippen LogP contribution in [0, 0.1) is 17.1 Å². The van der Waals surface area contributed by atoms with Crippen LogP contribution in [-0.4, -0.2) is 0 Å². The van der Waals surface area contributed by atoms with Gasteiger partial charge < -0.3 is 5.73 Å². The third kappa shape index (κ3) is 1.58. The average Bonchev–Trinajstić information content (AvgIpc) is 2.12. The van der Waals surface area contributed by atoms with Crippen LogP contribution in [0.1, 0.15) is 18.1 Å². The van der Waals surface area contributed by atoms with Crippen LogP contribution in [0.2, 0.25) is 5.02 Å². The Hall–Kier alpha value is -1.27. The molecule has 0 aliphatic rings. The summed E-state index contributed by atoms with van der Waals surface area (Å²) in [5.41, 5.74) is 6.32. The van der Waals surface area contributed by atoms with Crippen LogP contribution >= 0.6 is 11.6 Å². The van der Waals surface area contributed by atoms with E-state index in [1.54, 1.807) is 6.07 Å². The van der Waals surface area contributed by atoms with Crippen molar-refractivity contribution in [1.82, 2.24) is 0 Å². The van der Waals surface area contributed by atoms with E-state index in [0.717, 1.165) is 0 Å². The average molecular weight is 199 g/mol. The first-order valence-electron chi connectivity index (χ1n) is 3.78. The zero-order chi connectivity index (χ0) is 10.0. The molecule has 0 fully saturated rings. The monoisotopic (exact) mass is 198 g/mol. The Kier molecular flexibility index (Phi) is 2.74. The lowest BCUT2D eigenvalue weighted by atomic mass is 10.1. The molecule has 0 aliphatic carbocycles. The molecule has 0 aliphatic heterocycles. The first kappa shape index (κ1) is 9.82. The van der Waals surface area contributed by atoms with Gasteiger partial charge in [0.1, 0.15) is 17.4 Å². The third-order valence-electron chi connectivity index (χ3n) is 1.83. The molecule has 1 rings (SSSR count). The zero-order valence-electron chi connectivity index (χ0n) is 7.06. The number of hydrogen-bond acceptors (Lipinski definition) is 2. The largest absolute Gasteiger partial charge is 0.397 e. The van der Waals surface area contributed by atoms with Crippen molar-refractivity contribution in [2.45, 2.75) is 13.3 Å². The fourth-order valence-electron chi connectivity index (χ4n) is 1.08. The number of nitriles is 1. The first-order valence-corrected chi connectivity index (χ1v) is 4.16. The predicted molar refractivity (Wildman–Crippen MR) is 49.9 cm³/mol. The van der Waals surface area contributed by atoms with Gasteiger partial charge in [-0.1, -0.05) is 18.5 Å². The van der Waals surface area contributed by atoms with Crippen LogP contribution in [0.15, 0.2) is 6.07 Å². The molecule has 0 unspecified atom stereocenters. The van der Waals surface area contributed by atoms with Gasteiger partial charge in [-0.3, -0.25) is 0 Å². The maximum absolute atomic E-state index is 13.1. The van der Waals surface area contributed by atoms with Gasteiger partial charge in [-0.05, 0) is 18.1 Å². The highest BCUT2D eigenvalue weighted by atomic mass is 35.5. The van der Waals surface area contributed by atoms with Crippen LogP contribution in [0.5, 0.6) is 0 Å². The Bertz CT molecular complexity index is 381. The predicted octanol–water partition coefficient (Wildman–Crippen LogP) is 2.50. The first-order chi connectivity index (χ1) is 6.11. The maximum Gasteiger partial charge on any atom is 0.142 e. The van der Waals surface area contributed by atoms with E-state index < -0.39 is 5.82 Å². The summed E-state index contributed by atoms with van der Waals surface area (Å²) in [5.74, 6) is -0.612. The van der Waals surface area contributed by atoms with E-state index in [2.05, 4.69) is 0 Å². The number of nitrogen functional groups attached to an aromatic ring is 1. The lowest BCUT2D eigenvalue weighted by Gasteiger charge is -2.06. The van der Waals surface area contributed by atoms with Crippen LogP contribution in [0.4, 0.5) is 10.1 Å². The fraction of sp³-hybridized carbons (Fsp3) is 0.222. The molecule has 4 heteroatoms. The van der Waals surface area contributed by atoms with E-state index in [4.69, 9.17) is 22.6 Å². The molecular formula is C9H8ClFN2. The normalized spacial score (nSPS) is 9.69. The summed E-state index contributed by atoms with van der Waals surface area (Å²) in [6, 6.07) is 2.92. The van der Waals surface area contributed by atoms with Crippen LogP contribution < -0.4 is 5.73 Å². The number of nitrogens with two attached hydrogens (primary N) is 1. The van der Waals surface area contributed by atoms with Crippen molar-refractivity contribution in [3.05, 3.63) is 28.0 Å². The van der Waals surface area contributed by atoms with Gasteiger partial charge in [0.15, 0.2) is 0 Å². The summed E-state index contributed by atoms with van der Waals surface area (Å²) in [7, 11) is 0. The second kappa shape index (κ2) is 3.63. The number of rotatable bonds is 1. The number of halogens is 2. The van der Waals surface area contributed by atoms with Crippen molar-refractivity contribution in [3.8, 4) is 6.07 Å². The Labute approximate surface area is 80.7 Å². The number of nitrogens with zero attached hydrogens (tertiary/aromatic N) is 1. The third-order valence-corrected chi connectivity index (χ3v) is 2.23. The Morgan fingerprint density at radius 2 is 2.31 bits per heavy atom. The molecule has 2 N–H and O–H groups in total. The van der Waals surface area contributed by atoms with Gasteiger partial charge >= 0.3 is 0 Å². The van der Waals surface area contributed by atoms with Crippen molar-refractivity contribution >= 4 is 17.3 Å². The molecule has 2 nitrogen and oxygen atoms in total. The molecule has 68 valence electrons. The zero-order valence-corrected chi connectivity index (χ0v) is 7.82. The molecule has 1 aromatic carbocycles. The van der Waals surface area contributed by atoms with Gasteiger partial charge in [-0.2, -0.15) is 5.26 Å². The van der Waals surface area contributed by atoms with Gasteiger partial charge in [-0.15, -0.1) is 0 Å². The molecule has 0 heterocycles. The second-order valence-electron chi connectivity index (χ2n) is 2.59. The molecule has 0 bridgehead atoms. The lowest BCUT2D eigenvalue weighted by Crippen LogP contribution is -1.98. The molecule has 0 spiro atoms. The number of benzene rings is 1. The van der Waals surface area contributed by atoms with Gasteiger partial charge in [0.25, 0.3) is 0 Å². The van der Waals surface area contributed by atoms with Crippen molar-refractivity contribution < 1.29 is 4.39 Å². The Balaban J connectivity index is 3.48. The highest BCUT2D eigenvalue weighted by Gasteiger charge is 2.13. The van der Waals surface area contributed by atoms with Crippen LogP contribution in [0.3, 0.4) is 0 Å². The van der Waals surface area contributed by atoms with E-state index in [1.165, 1.54) is 6.07 Å². The summed E-state index contributed by atoms with van der Waals surface area (Å²) in [5, 5.41) is 8.57. The number of aryl methyl sites for hydroxylation is 1. The summed E-state index contributed by atoms with van der Waals surface area (Å²) in [6.07, 6.45) is 0.591. The summed E-state index contributed by atoms with van der Waals surface area (Å²) >= 11 is 5.70. The van der Waals surface area contributed by atoms with Gasteiger partial charge in [0.2, 0.25) is 0 Å². The molecule has 0 amide bonds. The van der Waals surface area contributed by atoms with E-state index in [9.17, 15) is 4.39 Å². The van der Waals surface area contributed by atoms with Gasteiger partial charge in [-0.25, -0.2) is 4.39 Å². The van der Waals surface area contributed by atoms with Crippen LogP contribution in [0.25, 0.3) is 0 Å². The second-order valence-corrected chi connectivity index (χ2v) is 2.96. The smallest absolute Gasteiger partial charge is 0.142 e. The summed E-state index contributed by atoms with van der Waals surface area (Å²) in [6.45, 7) is 1.84. The van der Waals surface area contributed by atoms with Crippen molar-refractivity contribution in [2.24, 2.45) is 0 Å². The highest BCUT2D eigenvalue weighted by Crippen LogP contribution is 2.29. The van der Waals surface area contributed by atoms with Gasteiger partial charge in [0, 0.05) is 0 Å². The molecule has 0 radical (unpaired) electrons. The molecule has 0 aromatic heterocycles. The lowest BCUT2D eigenvalue weighted by molar-refractivity contribution is 0.622.